The van der Waals surface area contributed by atoms with Gasteiger partial charge >= 0.3 is 6.09 Å². The first-order chi connectivity index (χ1) is 12.5. The monoisotopic (exact) mass is 357 g/mol. The minimum absolute atomic E-state index is 0.0182. The normalized spacial score (nSPS) is 20.1. The number of hydrogen-bond donors (Lipinski definition) is 0. The summed E-state index contributed by atoms with van der Waals surface area (Å²) < 4.78 is 11.4. The molecule has 0 bridgehead atoms. The number of allylic oxidation sites excluding steroid dienone is 1. The minimum Gasteiger partial charge on any atom is -0.445 e. The van der Waals surface area contributed by atoms with Gasteiger partial charge in [-0.15, -0.1) is 0 Å². The summed E-state index contributed by atoms with van der Waals surface area (Å²) in [5.41, 5.74) is 1.98. The van der Waals surface area contributed by atoms with Gasteiger partial charge in [0.05, 0.1) is 25.3 Å². The summed E-state index contributed by atoms with van der Waals surface area (Å²) >= 11 is 0. The summed E-state index contributed by atoms with van der Waals surface area (Å²) in [4.78, 5) is 14.4. The maximum absolute atomic E-state index is 12.6. The summed E-state index contributed by atoms with van der Waals surface area (Å²) in [7, 11) is 0. The number of nitrogens with zero attached hydrogens (tertiary/aromatic N) is 1. The summed E-state index contributed by atoms with van der Waals surface area (Å²) in [6, 6.07) is 9.76. The Morgan fingerprint density at radius 1 is 1.35 bits per heavy atom. The van der Waals surface area contributed by atoms with Crippen molar-refractivity contribution in [2.45, 2.75) is 52.4 Å². The molecule has 0 aromatic heterocycles. The van der Waals surface area contributed by atoms with Crippen LogP contribution in [0.5, 0.6) is 0 Å². The van der Waals surface area contributed by atoms with Crippen LogP contribution in [-0.2, 0) is 16.1 Å². The Kier molecular flexibility index (Phi) is 7.92. The topological polar surface area (TPSA) is 38.8 Å². The van der Waals surface area contributed by atoms with Gasteiger partial charge in [-0.25, -0.2) is 4.79 Å². The Morgan fingerprint density at radius 2 is 2.08 bits per heavy atom. The number of amides is 1. The number of rotatable bonds is 8. The molecule has 0 spiro atoms. The van der Waals surface area contributed by atoms with Gasteiger partial charge in [0.1, 0.15) is 6.61 Å². The number of ether oxygens (including phenoxy) is 2. The highest BCUT2D eigenvalue weighted by atomic mass is 16.6. The third-order valence-corrected chi connectivity index (χ3v) is 4.28. The standard InChI is InChI=1S/C22H31NO3/c1-17(2)9-8-12-20-13-21(25-15-18(3)4)14-23(20)22(24)26-16-19-10-6-5-7-11-19/h5-8,10-12,17,20-21H,3,9,13-16H2,1-2,4H3/t20-,21-/m1/s1. The van der Waals surface area contributed by atoms with E-state index >= 15 is 0 Å². The summed E-state index contributed by atoms with van der Waals surface area (Å²) in [6.45, 7) is 11.6. The van der Waals surface area contributed by atoms with E-state index in [9.17, 15) is 4.79 Å². The predicted molar refractivity (Wildman–Crippen MR) is 105 cm³/mol. The molecule has 0 aliphatic carbocycles. The highest BCUT2D eigenvalue weighted by Crippen LogP contribution is 2.23. The Morgan fingerprint density at radius 3 is 2.73 bits per heavy atom. The molecule has 0 N–H and O–H groups in total. The fourth-order valence-corrected chi connectivity index (χ4v) is 2.91. The third-order valence-electron chi connectivity index (χ3n) is 4.28. The average Bonchev–Trinajstić information content (AvgIpc) is 3.02. The molecular formula is C22H31NO3. The molecule has 1 amide bonds. The smallest absolute Gasteiger partial charge is 0.410 e. The van der Waals surface area contributed by atoms with Crippen molar-refractivity contribution in [2.24, 2.45) is 5.92 Å². The molecule has 26 heavy (non-hydrogen) atoms. The van der Waals surface area contributed by atoms with Crippen molar-refractivity contribution in [3.8, 4) is 0 Å². The number of carbonyl (C=O) groups excluding carboxylic acids is 1. The predicted octanol–water partition coefficient (Wildman–Crippen LogP) is 4.96. The molecule has 0 unspecified atom stereocenters. The molecule has 1 heterocycles. The molecule has 1 fully saturated rings. The van der Waals surface area contributed by atoms with E-state index in [1.807, 2.05) is 37.3 Å². The van der Waals surface area contributed by atoms with Gasteiger partial charge < -0.3 is 9.47 Å². The van der Waals surface area contributed by atoms with Crippen LogP contribution in [0.15, 0.2) is 54.6 Å². The zero-order valence-corrected chi connectivity index (χ0v) is 16.2. The highest BCUT2D eigenvalue weighted by molar-refractivity contribution is 5.69. The molecule has 142 valence electrons. The Hall–Kier alpha value is -2.07. The second-order valence-corrected chi connectivity index (χ2v) is 7.44. The fourth-order valence-electron chi connectivity index (χ4n) is 2.91. The average molecular weight is 357 g/mol. The van der Waals surface area contributed by atoms with Crippen LogP contribution in [-0.4, -0.2) is 36.3 Å². The summed E-state index contributed by atoms with van der Waals surface area (Å²) in [5.74, 6) is 0.599. The van der Waals surface area contributed by atoms with Crippen molar-refractivity contribution in [3.05, 3.63) is 60.2 Å². The van der Waals surface area contributed by atoms with Crippen molar-refractivity contribution < 1.29 is 14.3 Å². The Labute approximate surface area is 157 Å². The van der Waals surface area contributed by atoms with Crippen molar-refractivity contribution in [3.63, 3.8) is 0 Å². The van der Waals surface area contributed by atoms with Gasteiger partial charge in [0.2, 0.25) is 0 Å². The van der Waals surface area contributed by atoms with Crippen LogP contribution in [0.1, 0.15) is 39.2 Å². The van der Waals surface area contributed by atoms with E-state index in [2.05, 4.69) is 32.6 Å². The molecule has 1 aliphatic rings. The lowest BCUT2D eigenvalue weighted by Crippen LogP contribution is -2.35. The van der Waals surface area contributed by atoms with Crippen LogP contribution in [0.3, 0.4) is 0 Å². The van der Waals surface area contributed by atoms with Gasteiger partial charge in [-0.1, -0.05) is 68.5 Å². The van der Waals surface area contributed by atoms with Gasteiger partial charge in [0.25, 0.3) is 0 Å². The fraction of sp³-hybridized carbons (Fsp3) is 0.500. The molecule has 1 saturated heterocycles. The van der Waals surface area contributed by atoms with Crippen LogP contribution < -0.4 is 0 Å². The number of carbonyl (C=O) groups is 1. The summed E-state index contributed by atoms with van der Waals surface area (Å²) in [5, 5.41) is 0. The van der Waals surface area contributed by atoms with Crippen LogP contribution in [0.25, 0.3) is 0 Å². The van der Waals surface area contributed by atoms with Crippen molar-refractivity contribution >= 4 is 6.09 Å². The Bertz CT molecular complexity index is 609. The first-order valence-corrected chi connectivity index (χ1v) is 9.35. The second-order valence-electron chi connectivity index (χ2n) is 7.44. The third kappa shape index (κ3) is 6.68. The van der Waals surface area contributed by atoms with Crippen LogP contribution in [0, 0.1) is 5.92 Å². The van der Waals surface area contributed by atoms with Gasteiger partial charge in [-0.2, -0.15) is 0 Å². The van der Waals surface area contributed by atoms with Crippen LogP contribution in [0.4, 0.5) is 4.79 Å². The molecule has 4 nitrogen and oxygen atoms in total. The summed E-state index contributed by atoms with van der Waals surface area (Å²) in [6.07, 6.45) is 5.81. The molecule has 0 saturated carbocycles. The number of likely N-dealkylation sites (tertiary alicyclic amines) is 1. The lowest BCUT2D eigenvalue weighted by Gasteiger charge is -2.21. The van der Waals surface area contributed by atoms with E-state index in [4.69, 9.17) is 9.47 Å². The van der Waals surface area contributed by atoms with E-state index in [1.165, 1.54) is 0 Å². The lowest BCUT2D eigenvalue weighted by molar-refractivity contribution is 0.0663. The number of hydrogen-bond acceptors (Lipinski definition) is 3. The van der Waals surface area contributed by atoms with E-state index < -0.39 is 0 Å². The van der Waals surface area contributed by atoms with E-state index in [0.29, 0.717) is 19.1 Å². The van der Waals surface area contributed by atoms with E-state index in [-0.39, 0.29) is 24.8 Å². The quantitative estimate of drug-likeness (QED) is 0.617. The van der Waals surface area contributed by atoms with Crippen molar-refractivity contribution in [1.29, 1.82) is 0 Å². The maximum atomic E-state index is 12.6. The first-order valence-electron chi connectivity index (χ1n) is 9.35. The Balaban J connectivity index is 1.96. The van der Waals surface area contributed by atoms with Crippen molar-refractivity contribution in [1.82, 2.24) is 4.90 Å². The molecule has 4 heteroatoms. The molecule has 0 radical (unpaired) electrons. The zero-order chi connectivity index (χ0) is 18.9. The van der Waals surface area contributed by atoms with E-state index in [0.717, 1.165) is 24.0 Å². The van der Waals surface area contributed by atoms with Gasteiger partial charge in [0, 0.05) is 0 Å². The first kappa shape index (κ1) is 20.2. The molecule has 2 atom stereocenters. The van der Waals surface area contributed by atoms with Crippen LogP contribution >= 0.6 is 0 Å². The zero-order valence-electron chi connectivity index (χ0n) is 16.2. The lowest BCUT2D eigenvalue weighted by atomic mass is 10.1. The largest absolute Gasteiger partial charge is 0.445 e. The molecule has 1 aromatic carbocycles. The SMILES string of the molecule is C=C(C)CO[C@@H]1C[C@@H](C=CCC(C)C)N(C(=O)OCc2ccccc2)C1. The highest BCUT2D eigenvalue weighted by Gasteiger charge is 2.35. The van der Waals surface area contributed by atoms with Gasteiger partial charge in [-0.05, 0) is 31.2 Å². The van der Waals surface area contributed by atoms with Gasteiger partial charge in [0.15, 0.2) is 0 Å². The molecular weight excluding hydrogens is 326 g/mol. The minimum atomic E-state index is -0.283. The number of benzene rings is 1. The van der Waals surface area contributed by atoms with Gasteiger partial charge in [-0.3, -0.25) is 4.90 Å². The molecule has 1 aromatic rings. The van der Waals surface area contributed by atoms with E-state index in [1.54, 1.807) is 4.90 Å². The molecule has 1 aliphatic heterocycles. The molecule has 2 rings (SSSR count). The van der Waals surface area contributed by atoms with Crippen molar-refractivity contribution in [2.75, 3.05) is 13.2 Å². The van der Waals surface area contributed by atoms with Crippen LogP contribution in [0.2, 0.25) is 0 Å². The maximum Gasteiger partial charge on any atom is 0.410 e. The second kappa shape index (κ2) is 10.2.